The average Bonchev–Trinajstić information content (AvgIpc) is 3.46. The van der Waals surface area contributed by atoms with Gasteiger partial charge in [0.15, 0.2) is 29.1 Å². The van der Waals surface area contributed by atoms with Crippen molar-refractivity contribution >= 4 is 11.7 Å². The molecule has 2 atom stereocenters. The molecule has 2 aromatic carbocycles. The number of nitrogens with one attached hydrogen (secondary N) is 1. The fourth-order valence-corrected chi connectivity index (χ4v) is 5.08. The van der Waals surface area contributed by atoms with Crippen molar-refractivity contribution in [2.24, 2.45) is 0 Å². The molecule has 10 nitrogen and oxygen atoms in total. The Morgan fingerprint density at radius 3 is 2.43 bits per heavy atom. The van der Waals surface area contributed by atoms with E-state index in [1.165, 1.54) is 0 Å². The number of carbonyl (C=O) groups is 1. The number of nitrogens with two attached hydrogens (primary N) is 1. The number of hydrogen-bond donors (Lipinski definition) is 2. The monoisotopic (exact) mass is 486 g/mol. The predicted molar refractivity (Wildman–Crippen MR) is 126 cm³/mol. The summed E-state index contributed by atoms with van der Waals surface area (Å²) in [6, 6.07) is 1.52. The van der Waals surface area contributed by atoms with E-state index in [2.05, 4.69) is 5.32 Å². The van der Waals surface area contributed by atoms with Gasteiger partial charge in [-0.15, -0.1) is 0 Å². The second-order valence-corrected chi connectivity index (χ2v) is 8.21. The molecule has 0 radical (unpaired) electrons. The van der Waals surface area contributed by atoms with Gasteiger partial charge in [0, 0.05) is 5.56 Å². The number of carbonyl (C=O) groups excluding carboxylic acids is 1. The van der Waals surface area contributed by atoms with Gasteiger partial charge < -0.3 is 44.2 Å². The Bertz CT molecular complexity index is 1170. The van der Waals surface area contributed by atoms with Crippen molar-refractivity contribution in [3.8, 4) is 34.5 Å². The molecule has 2 unspecified atom stereocenters. The van der Waals surface area contributed by atoms with Crippen LogP contribution in [0.3, 0.4) is 0 Å². The Labute approximate surface area is 203 Å². The lowest BCUT2D eigenvalue weighted by Crippen LogP contribution is -2.34. The maximum Gasteiger partial charge on any atom is 0.341 e. The number of nitrogen functional groups attached to an aromatic ring is 1. The average molecular weight is 487 g/mol. The van der Waals surface area contributed by atoms with Crippen LogP contribution in [0.4, 0.5) is 5.69 Å². The summed E-state index contributed by atoms with van der Waals surface area (Å²) < 4.78 is 40.9. The van der Waals surface area contributed by atoms with Crippen LogP contribution in [0.5, 0.6) is 34.5 Å². The summed E-state index contributed by atoms with van der Waals surface area (Å²) in [5, 5.41) is 3.50. The summed E-state index contributed by atoms with van der Waals surface area (Å²) in [7, 11) is 1.59. The number of hydrogen-bond acceptors (Lipinski definition) is 10. The van der Waals surface area contributed by atoms with Crippen molar-refractivity contribution in [3.63, 3.8) is 0 Å². The summed E-state index contributed by atoms with van der Waals surface area (Å²) in [6.07, 6.45) is 0.00450. The van der Waals surface area contributed by atoms with E-state index in [1.807, 2.05) is 26.8 Å². The largest absolute Gasteiger partial charge is 0.492 e. The van der Waals surface area contributed by atoms with Gasteiger partial charge in [-0.3, -0.25) is 0 Å². The van der Waals surface area contributed by atoms with E-state index in [9.17, 15) is 4.79 Å². The molecule has 0 bridgehead atoms. The van der Waals surface area contributed by atoms with Crippen molar-refractivity contribution in [1.29, 1.82) is 0 Å². The number of esters is 1. The number of benzene rings is 2. The van der Waals surface area contributed by atoms with Gasteiger partial charge in [-0.25, -0.2) is 4.79 Å². The molecule has 3 aliphatic heterocycles. The highest BCUT2D eigenvalue weighted by molar-refractivity contribution is 6.03. The lowest BCUT2D eigenvalue weighted by molar-refractivity contribution is 0.0279. The zero-order valence-corrected chi connectivity index (χ0v) is 20.3. The van der Waals surface area contributed by atoms with E-state index < -0.39 is 18.1 Å². The van der Waals surface area contributed by atoms with Crippen LogP contribution < -0.4 is 39.5 Å². The standard InChI is InChI=1S/C25H30N2O8/c1-5-30-22-16-15(17(26)23(31-6-2)24(22)32-7-3)25(28)35-20(16)18-14-12(8-9-27-18)10-13-19(21(14)29-4)34-11-33-13/h10,18,20,27H,5-9,11,26H2,1-4H3. The zero-order chi connectivity index (χ0) is 24.7. The number of methoxy groups -OCH3 is 1. The van der Waals surface area contributed by atoms with E-state index in [-0.39, 0.29) is 23.8 Å². The maximum atomic E-state index is 13.2. The molecule has 0 saturated heterocycles. The molecule has 2 aromatic rings. The summed E-state index contributed by atoms with van der Waals surface area (Å²) in [4.78, 5) is 13.2. The Balaban J connectivity index is 1.72. The van der Waals surface area contributed by atoms with E-state index in [0.717, 1.165) is 17.5 Å². The fraction of sp³-hybridized carbons (Fsp3) is 0.480. The van der Waals surface area contributed by atoms with Gasteiger partial charge in [0.1, 0.15) is 0 Å². The van der Waals surface area contributed by atoms with Gasteiger partial charge in [-0.05, 0) is 45.4 Å². The van der Waals surface area contributed by atoms with Crippen molar-refractivity contribution in [2.75, 3.05) is 46.0 Å². The molecule has 3 N–H and O–H groups in total. The minimum atomic E-state index is -0.746. The molecular weight excluding hydrogens is 456 g/mol. The first-order valence-corrected chi connectivity index (χ1v) is 11.9. The van der Waals surface area contributed by atoms with Crippen molar-refractivity contribution < 1.29 is 38.0 Å². The SMILES string of the molecule is CCOc1c(N)c2c(c(OCC)c1OCC)C(C1NCCc3cc4c(c(OC)c31)OCO4)OC2=O. The number of cyclic esters (lactones) is 1. The molecule has 3 aliphatic rings. The maximum absolute atomic E-state index is 13.2. The van der Waals surface area contributed by atoms with Gasteiger partial charge in [0.25, 0.3) is 0 Å². The van der Waals surface area contributed by atoms with Crippen LogP contribution in [0, 0.1) is 0 Å². The predicted octanol–water partition coefficient (Wildman–Crippen LogP) is 3.30. The third-order valence-corrected chi connectivity index (χ3v) is 6.35. The normalized spacial score (nSPS) is 19.6. The van der Waals surface area contributed by atoms with Gasteiger partial charge in [0.2, 0.25) is 18.3 Å². The van der Waals surface area contributed by atoms with Crippen molar-refractivity contribution in [1.82, 2.24) is 5.32 Å². The lowest BCUT2D eigenvalue weighted by Gasteiger charge is -2.33. The second kappa shape index (κ2) is 9.26. The van der Waals surface area contributed by atoms with E-state index >= 15 is 0 Å². The molecule has 0 spiro atoms. The third kappa shape index (κ3) is 3.54. The minimum Gasteiger partial charge on any atom is -0.492 e. The first kappa shape index (κ1) is 23.2. The smallest absolute Gasteiger partial charge is 0.341 e. The lowest BCUT2D eigenvalue weighted by atomic mass is 9.86. The highest BCUT2D eigenvalue weighted by Crippen LogP contribution is 2.58. The number of fused-ring (bicyclic) bond motifs is 3. The van der Waals surface area contributed by atoms with Gasteiger partial charge in [0.05, 0.1) is 49.8 Å². The van der Waals surface area contributed by atoms with Crippen LogP contribution in [-0.2, 0) is 11.2 Å². The Morgan fingerprint density at radius 1 is 1.00 bits per heavy atom. The first-order valence-electron chi connectivity index (χ1n) is 11.9. The van der Waals surface area contributed by atoms with Gasteiger partial charge in [-0.2, -0.15) is 0 Å². The Hall–Kier alpha value is -3.53. The third-order valence-electron chi connectivity index (χ3n) is 6.35. The zero-order valence-electron chi connectivity index (χ0n) is 20.3. The van der Waals surface area contributed by atoms with Crippen LogP contribution in [0.15, 0.2) is 6.07 Å². The molecule has 35 heavy (non-hydrogen) atoms. The molecule has 0 fully saturated rings. The summed E-state index contributed by atoms with van der Waals surface area (Å²) in [6.45, 7) is 7.40. The molecular formula is C25H30N2O8. The molecule has 5 rings (SSSR count). The number of anilines is 1. The van der Waals surface area contributed by atoms with E-state index in [1.54, 1.807) is 7.11 Å². The highest BCUT2D eigenvalue weighted by atomic mass is 16.7. The van der Waals surface area contributed by atoms with Crippen molar-refractivity contribution in [3.05, 3.63) is 28.3 Å². The highest BCUT2D eigenvalue weighted by Gasteiger charge is 2.47. The second-order valence-electron chi connectivity index (χ2n) is 8.21. The minimum absolute atomic E-state index is 0.122. The quantitative estimate of drug-likeness (QED) is 0.425. The molecule has 0 saturated carbocycles. The van der Waals surface area contributed by atoms with Crippen LogP contribution in [0.25, 0.3) is 0 Å². The molecule has 0 aromatic heterocycles. The van der Waals surface area contributed by atoms with Gasteiger partial charge in [-0.1, -0.05) is 0 Å². The molecule has 188 valence electrons. The molecule has 3 heterocycles. The van der Waals surface area contributed by atoms with Crippen molar-refractivity contribution in [2.45, 2.75) is 39.3 Å². The first-order chi connectivity index (χ1) is 17.0. The van der Waals surface area contributed by atoms with Crippen LogP contribution in [0.2, 0.25) is 0 Å². The van der Waals surface area contributed by atoms with Gasteiger partial charge >= 0.3 is 5.97 Å². The van der Waals surface area contributed by atoms with E-state index in [4.69, 9.17) is 38.9 Å². The summed E-state index contributed by atoms with van der Waals surface area (Å²) in [5.41, 5.74) is 9.30. The topological polar surface area (TPSA) is 120 Å². The fourth-order valence-electron chi connectivity index (χ4n) is 5.08. The molecule has 0 amide bonds. The number of rotatable bonds is 8. The molecule has 10 heteroatoms. The van der Waals surface area contributed by atoms with Crippen LogP contribution in [-0.4, -0.2) is 46.2 Å². The van der Waals surface area contributed by atoms with Crippen LogP contribution >= 0.6 is 0 Å². The Morgan fingerprint density at radius 2 is 1.71 bits per heavy atom. The van der Waals surface area contributed by atoms with E-state index in [0.29, 0.717) is 60.7 Å². The number of ether oxygens (including phenoxy) is 7. The molecule has 0 aliphatic carbocycles. The summed E-state index contributed by atoms with van der Waals surface area (Å²) >= 11 is 0. The Kier molecular flexibility index (Phi) is 6.14. The summed E-state index contributed by atoms with van der Waals surface area (Å²) in [5.74, 6) is 2.24. The van der Waals surface area contributed by atoms with Crippen LogP contribution in [0.1, 0.15) is 60.0 Å².